The van der Waals surface area contributed by atoms with Gasteiger partial charge in [0.2, 0.25) is 0 Å². The zero-order valence-electron chi connectivity index (χ0n) is 33.2. The van der Waals surface area contributed by atoms with Gasteiger partial charge in [0.15, 0.2) is 17.5 Å². The van der Waals surface area contributed by atoms with Gasteiger partial charge in [0.1, 0.15) is 11.2 Å². The van der Waals surface area contributed by atoms with Gasteiger partial charge in [-0.2, -0.15) is 0 Å². The third-order valence-corrected chi connectivity index (χ3v) is 13.5. The lowest BCUT2D eigenvalue weighted by Gasteiger charge is -2.12. The number of hydrogen-bond acceptors (Lipinski definition) is 5. The molecule has 0 N–H and O–H groups in total. The monoisotopic (exact) mass is 807 g/mol. The Morgan fingerprint density at radius 1 is 0.290 bits per heavy atom. The predicted molar refractivity (Wildman–Crippen MR) is 260 cm³/mol. The second-order valence-corrected chi connectivity index (χ2v) is 17.0. The van der Waals surface area contributed by atoms with Crippen LogP contribution in [0.5, 0.6) is 0 Å². The normalized spacial score (nSPS) is 11.9. The molecule has 288 valence electrons. The second-order valence-electron chi connectivity index (χ2n) is 15.9. The fourth-order valence-corrected chi connectivity index (χ4v) is 10.5. The van der Waals surface area contributed by atoms with Gasteiger partial charge in [-0.05, 0) is 91.0 Å². The molecule has 0 spiro atoms. The topological polar surface area (TPSA) is 51.8 Å². The molecule has 0 saturated carbocycles. The molecule has 5 heteroatoms. The van der Waals surface area contributed by atoms with Crippen molar-refractivity contribution in [1.82, 2.24) is 15.0 Å². The quantitative estimate of drug-likeness (QED) is 0.163. The molecule has 0 radical (unpaired) electrons. The van der Waals surface area contributed by atoms with E-state index in [1.807, 2.05) is 30.3 Å². The third-order valence-electron chi connectivity index (χ3n) is 12.3. The van der Waals surface area contributed by atoms with Gasteiger partial charge >= 0.3 is 0 Å². The molecule has 0 aliphatic heterocycles. The number of hydrogen-bond donors (Lipinski definition) is 0. The van der Waals surface area contributed by atoms with Crippen molar-refractivity contribution in [2.75, 3.05) is 0 Å². The molecular formula is C57H33N3OS. The van der Waals surface area contributed by atoms with Gasteiger partial charge in [0.05, 0.1) is 0 Å². The van der Waals surface area contributed by atoms with Crippen molar-refractivity contribution < 1.29 is 4.42 Å². The lowest BCUT2D eigenvalue weighted by atomic mass is 9.91. The minimum atomic E-state index is 0.629. The number of thiophene rings is 1. The van der Waals surface area contributed by atoms with E-state index in [0.717, 1.165) is 55.3 Å². The molecule has 4 nitrogen and oxygen atoms in total. The summed E-state index contributed by atoms with van der Waals surface area (Å²) in [6.45, 7) is 0. The number of furan rings is 1. The Bertz CT molecular complexity index is 3890. The van der Waals surface area contributed by atoms with E-state index in [1.54, 1.807) is 11.3 Å². The summed E-state index contributed by atoms with van der Waals surface area (Å²) in [5.74, 6) is 1.92. The number of aromatic nitrogens is 3. The van der Waals surface area contributed by atoms with Crippen molar-refractivity contribution in [3.63, 3.8) is 0 Å². The van der Waals surface area contributed by atoms with Crippen molar-refractivity contribution in [3.8, 4) is 56.4 Å². The van der Waals surface area contributed by atoms with E-state index in [4.69, 9.17) is 19.4 Å². The third kappa shape index (κ3) is 5.56. The average molecular weight is 808 g/mol. The SMILES string of the molecule is c1ccc(-c2nc(-c3ccc(-c4cccc5oc6ccc(-c7ccc8c9ccccc9c9ccccc9c8c7)cc6c45)cc3)nc(-c3ccc4c(c3)sc3ccccc34)n2)cc1. The first kappa shape index (κ1) is 34.8. The van der Waals surface area contributed by atoms with Gasteiger partial charge in [-0.25, -0.2) is 15.0 Å². The molecule has 0 aliphatic carbocycles. The average Bonchev–Trinajstić information content (AvgIpc) is 3.92. The highest BCUT2D eigenvalue weighted by Gasteiger charge is 2.17. The Labute approximate surface area is 360 Å². The minimum absolute atomic E-state index is 0.629. The van der Waals surface area contributed by atoms with Crippen LogP contribution in [0.4, 0.5) is 0 Å². The summed E-state index contributed by atoms with van der Waals surface area (Å²) in [4.78, 5) is 15.2. The molecule has 3 heterocycles. The van der Waals surface area contributed by atoms with Crippen molar-refractivity contribution in [1.29, 1.82) is 0 Å². The summed E-state index contributed by atoms with van der Waals surface area (Å²) >= 11 is 1.80. The van der Waals surface area contributed by atoms with Gasteiger partial charge in [-0.3, -0.25) is 0 Å². The van der Waals surface area contributed by atoms with E-state index in [1.165, 1.54) is 58.1 Å². The van der Waals surface area contributed by atoms with Gasteiger partial charge in [-0.15, -0.1) is 11.3 Å². The van der Waals surface area contributed by atoms with Crippen LogP contribution in [0.2, 0.25) is 0 Å². The van der Waals surface area contributed by atoms with Crippen LogP contribution in [0.15, 0.2) is 205 Å². The molecule has 0 unspecified atom stereocenters. The molecule has 10 aromatic carbocycles. The molecule has 0 saturated heterocycles. The van der Waals surface area contributed by atoms with E-state index in [9.17, 15) is 0 Å². The Kier molecular flexibility index (Phi) is 7.74. The van der Waals surface area contributed by atoms with Crippen LogP contribution in [-0.4, -0.2) is 15.0 Å². The van der Waals surface area contributed by atoms with Gasteiger partial charge in [0, 0.05) is 47.6 Å². The maximum absolute atomic E-state index is 6.50. The molecule has 3 aromatic heterocycles. The van der Waals surface area contributed by atoms with Crippen LogP contribution < -0.4 is 0 Å². The molecule has 0 amide bonds. The summed E-state index contributed by atoms with van der Waals surface area (Å²) in [7, 11) is 0. The number of rotatable bonds is 5. The first-order chi connectivity index (χ1) is 30.7. The minimum Gasteiger partial charge on any atom is -0.456 e. The van der Waals surface area contributed by atoms with Gasteiger partial charge in [0.25, 0.3) is 0 Å². The van der Waals surface area contributed by atoms with Crippen LogP contribution in [0.25, 0.3) is 131 Å². The Morgan fingerprint density at radius 2 is 0.790 bits per heavy atom. The fraction of sp³-hybridized carbons (Fsp3) is 0. The highest BCUT2D eigenvalue weighted by Crippen LogP contribution is 2.42. The van der Waals surface area contributed by atoms with E-state index in [-0.39, 0.29) is 0 Å². The van der Waals surface area contributed by atoms with Crippen LogP contribution in [0.1, 0.15) is 0 Å². The smallest absolute Gasteiger partial charge is 0.164 e. The first-order valence-corrected chi connectivity index (χ1v) is 21.6. The van der Waals surface area contributed by atoms with Crippen molar-refractivity contribution in [3.05, 3.63) is 200 Å². The standard InChI is InChI=1S/C57H33N3OS/c1-2-11-35(12-3-1)55-58-56(60-57(59-55)39-26-29-47-46-17-8-9-20-52(46)62-53(47)33-39)36-23-21-34(22-24-36)40-18-10-19-51-54(40)49-32-38(27-30-50(49)61-51)37-25-28-45-43-15-5-4-13-41(43)42-14-6-7-16-44(42)48(45)31-37/h1-33H. The molecular weight excluding hydrogens is 775 g/mol. The van der Waals surface area contributed by atoms with Crippen molar-refractivity contribution >= 4 is 85.8 Å². The van der Waals surface area contributed by atoms with Gasteiger partial charge < -0.3 is 4.42 Å². The van der Waals surface area contributed by atoms with Crippen molar-refractivity contribution in [2.24, 2.45) is 0 Å². The molecule has 0 aliphatic rings. The largest absolute Gasteiger partial charge is 0.456 e. The predicted octanol–water partition coefficient (Wildman–Crippen LogP) is 15.9. The van der Waals surface area contributed by atoms with Crippen LogP contribution >= 0.6 is 11.3 Å². The van der Waals surface area contributed by atoms with Gasteiger partial charge in [-0.1, -0.05) is 164 Å². The zero-order valence-corrected chi connectivity index (χ0v) is 34.0. The number of nitrogens with zero attached hydrogens (tertiary/aromatic N) is 3. The maximum Gasteiger partial charge on any atom is 0.164 e. The van der Waals surface area contributed by atoms with Crippen molar-refractivity contribution in [2.45, 2.75) is 0 Å². The van der Waals surface area contributed by atoms with E-state index in [0.29, 0.717) is 17.5 Å². The number of benzene rings is 10. The summed E-state index contributed by atoms with van der Waals surface area (Å²) < 4.78 is 8.99. The van der Waals surface area contributed by atoms with Crippen LogP contribution in [0.3, 0.4) is 0 Å². The summed E-state index contributed by atoms with van der Waals surface area (Å²) in [5, 5.41) is 12.3. The van der Waals surface area contributed by atoms with Crippen LogP contribution in [-0.2, 0) is 0 Å². The Hall–Kier alpha value is -7.99. The summed E-state index contributed by atoms with van der Waals surface area (Å²) in [6.07, 6.45) is 0. The Morgan fingerprint density at radius 3 is 1.52 bits per heavy atom. The first-order valence-electron chi connectivity index (χ1n) is 20.8. The zero-order chi connectivity index (χ0) is 40.7. The molecule has 0 atom stereocenters. The molecule has 62 heavy (non-hydrogen) atoms. The summed E-state index contributed by atoms with van der Waals surface area (Å²) in [6, 6.07) is 71.1. The van der Waals surface area contributed by atoms with Crippen LogP contribution in [0, 0.1) is 0 Å². The molecule has 0 fully saturated rings. The maximum atomic E-state index is 6.50. The molecule has 13 rings (SSSR count). The second kappa shape index (κ2) is 13.8. The Balaban J connectivity index is 0.906. The van der Waals surface area contributed by atoms with E-state index in [2.05, 4.69) is 170 Å². The van der Waals surface area contributed by atoms with E-state index >= 15 is 0 Å². The lowest BCUT2D eigenvalue weighted by molar-refractivity contribution is 0.669. The molecule has 13 aromatic rings. The summed E-state index contributed by atoms with van der Waals surface area (Å²) in [5.41, 5.74) is 9.07. The molecule has 0 bridgehead atoms. The lowest BCUT2D eigenvalue weighted by Crippen LogP contribution is -2.00. The fourth-order valence-electron chi connectivity index (χ4n) is 9.35. The highest BCUT2D eigenvalue weighted by molar-refractivity contribution is 7.25. The van der Waals surface area contributed by atoms with E-state index < -0.39 is 0 Å². The highest BCUT2D eigenvalue weighted by atomic mass is 32.1. The number of fused-ring (bicyclic) bond motifs is 12.